The highest BCUT2D eigenvalue weighted by atomic mass is 32.2. The van der Waals surface area contributed by atoms with Crippen molar-refractivity contribution in [3.63, 3.8) is 0 Å². The van der Waals surface area contributed by atoms with E-state index in [1.807, 2.05) is 0 Å². The van der Waals surface area contributed by atoms with Crippen molar-refractivity contribution < 1.29 is 18.9 Å². The molecule has 0 aromatic rings. The summed E-state index contributed by atoms with van der Waals surface area (Å²) in [5.41, 5.74) is 0. The quantitative estimate of drug-likeness (QED) is 0.614. The smallest absolute Gasteiger partial charge is 0.303 e. The zero-order chi connectivity index (χ0) is 12.6. The molecule has 0 aromatic heterocycles. The number of rotatable bonds is 8. The molecule has 94 valence electrons. The minimum Gasteiger partial charge on any atom is -0.481 e. The van der Waals surface area contributed by atoms with Crippen LogP contribution in [-0.4, -0.2) is 39.2 Å². The first-order chi connectivity index (χ1) is 7.41. The van der Waals surface area contributed by atoms with Crippen LogP contribution in [0.3, 0.4) is 0 Å². The van der Waals surface area contributed by atoms with E-state index in [2.05, 4.69) is 5.32 Å². The van der Waals surface area contributed by atoms with Crippen LogP contribution < -0.4 is 5.32 Å². The maximum atomic E-state index is 11.3. The largest absolute Gasteiger partial charge is 0.481 e. The van der Waals surface area contributed by atoms with Gasteiger partial charge < -0.3 is 10.4 Å². The van der Waals surface area contributed by atoms with Gasteiger partial charge >= 0.3 is 5.97 Å². The molecule has 0 rings (SSSR count). The molecular formula is C10H19NO4S. The van der Waals surface area contributed by atoms with Crippen LogP contribution in [0.1, 0.15) is 32.6 Å². The topological polar surface area (TPSA) is 83.5 Å². The number of carboxylic acids is 1. The maximum Gasteiger partial charge on any atom is 0.303 e. The fraction of sp³-hybridized carbons (Fsp3) is 0.800. The molecule has 16 heavy (non-hydrogen) atoms. The standard InChI is InChI=1S/C10H19NO4S/c1-8(7-16(2)15)11-9(12)5-3-4-6-10(13)14/h8H,3-7H2,1-2H3,(H,11,12)(H,13,14). The molecule has 0 aliphatic carbocycles. The van der Waals surface area contributed by atoms with Crippen molar-refractivity contribution in [2.45, 2.75) is 38.6 Å². The van der Waals surface area contributed by atoms with Crippen LogP contribution >= 0.6 is 0 Å². The van der Waals surface area contributed by atoms with Crippen LogP contribution in [0.2, 0.25) is 0 Å². The van der Waals surface area contributed by atoms with Crippen LogP contribution in [0.25, 0.3) is 0 Å². The molecule has 2 unspecified atom stereocenters. The van der Waals surface area contributed by atoms with Gasteiger partial charge in [-0.25, -0.2) is 0 Å². The Morgan fingerprint density at radius 3 is 2.38 bits per heavy atom. The Morgan fingerprint density at radius 1 is 1.31 bits per heavy atom. The number of carboxylic acid groups (broad SMARTS) is 1. The predicted octanol–water partition coefficient (Wildman–Crippen LogP) is 0.515. The van der Waals surface area contributed by atoms with E-state index in [0.29, 0.717) is 25.0 Å². The Bertz CT molecular complexity index is 268. The van der Waals surface area contributed by atoms with E-state index in [9.17, 15) is 13.8 Å². The summed E-state index contributed by atoms with van der Waals surface area (Å²) in [5, 5.41) is 11.1. The van der Waals surface area contributed by atoms with Crippen LogP contribution in [0.15, 0.2) is 0 Å². The molecule has 0 heterocycles. The first-order valence-electron chi connectivity index (χ1n) is 5.23. The summed E-state index contributed by atoms with van der Waals surface area (Å²) in [7, 11) is -0.918. The maximum absolute atomic E-state index is 11.3. The summed E-state index contributed by atoms with van der Waals surface area (Å²) in [6, 6.07) is -0.0993. The molecular weight excluding hydrogens is 230 g/mol. The Balaban J connectivity index is 3.58. The van der Waals surface area contributed by atoms with Crippen LogP contribution in [0, 0.1) is 0 Å². The third-order valence-electron chi connectivity index (χ3n) is 1.94. The predicted molar refractivity (Wildman–Crippen MR) is 62.6 cm³/mol. The van der Waals surface area contributed by atoms with Crippen molar-refractivity contribution in [2.24, 2.45) is 0 Å². The lowest BCUT2D eigenvalue weighted by Gasteiger charge is -2.11. The van der Waals surface area contributed by atoms with E-state index >= 15 is 0 Å². The normalized spacial score (nSPS) is 14.1. The van der Waals surface area contributed by atoms with Crippen molar-refractivity contribution in [1.29, 1.82) is 0 Å². The van der Waals surface area contributed by atoms with E-state index in [4.69, 9.17) is 5.11 Å². The molecule has 0 aliphatic rings. The fourth-order valence-electron chi connectivity index (χ4n) is 1.30. The first kappa shape index (κ1) is 15.1. The number of carbonyl (C=O) groups excluding carboxylic acids is 1. The van der Waals surface area contributed by atoms with Gasteiger partial charge in [-0.1, -0.05) is 0 Å². The van der Waals surface area contributed by atoms with E-state index < -0.39 is 16.8 Å². The van der Waals surface area contributed by atoms with Gasteiger partial charge in [0.2, 0.25) is 5.91 Å². The summed E-state index contributed by atoms with van der Waals surface area (Å²) in [6.07, 6.45) is 3.10. The van der Waals surface area contributed by atoms with Crippen molar-refractivity contribution in [2.75, 3.05) is 12.0 Å². The number of unbranched alkanes of at least 4 members (excludes halogenated alkanes) is 1. The van der Waals surface area contributed by atoms with Gasteiger partial charge in [-0.05, 0) is 19.8 Å². The number of amides is 1. The van der Waals surface area contributed by atoms with Gasteiger partial charge in [0.1, 0.15) is 0 Å². The summed E-state index contributed by atoms with van der Waals surface area (Å²) in [5.74, 6) is -0.501. The lowest BCUT2D eigenvalue weighted by molar-refractivity contribution is -0.137. The summed E-state index contributed by atoms with van der Waals surface area (Å²) < 4.78 is 10.9. The van der Waals surface area contributed by atoms with Crippen molar-refractivity contribution in [3.8, 4) is 0 Å². The fourth-order valence-corrected chi connectivity index (χ4v) is 2.09. The Labute approximate surface area is 98.1 Å². The molecule has 1 amide bonds. The number of hydrogen-bond acceptors (Lipinski definition) is 3. The summed E-state index contributed by atoms with van der Waals surface area (Å²) in [6.45, 7) is 1.80. The van der Waals surface area contributed by atoms with Gasteiger partial charge in [0.25, 0.3) is 0 Å². The molecule has 0 aromatic carbocycles. The van der Waals surface area contributed by atoms with Gasteiger partial charge in [0.15, 0.2) is 0 Å². The third kappa shape index (κ3) is 9.64. The average molecular weight is 249 g/mol. The van der Waals surface area contributed by atoms with Crippen molar-refractivity contribution in [1.82, 2.24) is 5.32 Å². The molecule has 2 atom stereocenters. The minimum absolute atomic E-state index is 0.0990. The molecule has 0 bridgehead atoms. The molecule has 0 radical (unpaired) electrons. The molecule has 0 spiro atoms. The van der Waals surface area contributed by atoms with Crippen molar-refractivity contribution >= 4 is 22.7 Å². The van der Waals surface area contributed by atoms with Crippen molar-refractivity contribution in [3.05, 3.63) is 0 Å². The molecule has 0 saturated heterocycles. The zero-order valence-electron chi connectivity index (χ0n) is 9.69. The molecule has 2 N–H and O–H groups in total. The highest BCUT2D eigenvalue weighted by molar-refractivity contribution is 7.84. The lowest BCUT2D eigenvalue weighted by Crippen LogP contribution is -2.36. The van der Waals surface area contributed by atoms with E-state index in [0.717, 1.165) is 0 Å². The number of hydrogen-bond donors (Lipinski definition) is 2. The van der Waals surface area contributed by atoms with Crippen LogP contribution in [0.5, 0.6) is 0 Å². The highest BCUT2D eigenvalue weighted by Crippen LogP contribution is 2.00. The van der Waals surface area contributed by atoms with Gasteiger partial charge in [-0.3, -0.25) is 13.8 Å². The SMILES string of the molecule is CC(CS(C)=O)NC(=O)CCCCC(=O)O. The van der Waals surface area contributed by atoms with E-state index in [1.165, 1.54) is 0 Å². The number of nitrogens with one attached hydrogen (secondary N) is 1. The van der Waals surface area contributed by atoms with Crippen LogP contribution in [-0.2, 0) is 20.4 Å². The Morgan fingerprint density at radius 2 is 1.88 bits per heavy atom. The second kappa shape index (κ2) is 8.27. The molecule has 5 nitrogen and oxygen atoms in total. The first-order valence-corrected chi connectivity index (χ1v) is 6.95. The summed E-state index contributed by atoms with van der Waals surface area (Å²) in [4.78, 5) is 21.5. The number of carbonyl (C=O) groups is 2. The average Bonchev–Trinajstić information content (AvgIpc) is 2.10. The van der Waals surface area contributed by atoms with E-state index in [-0.39, 0.29) is 18.4 Å². The molecule has 6 heteroatoms. The van der Waals surface area contributed by atoms with Gasteiger partial charge in [-0.2, -0.15) is 0 Å². The van der Waals surface area contributed by atoms with Gasteiger partial charge in [0, 0.05) is 41.7 Å². The second-order valence-corrected chi connectivity index (χ2v) is 5.29. The summed E-state index contributed by atoms with van der Waals surface area (Å²) >= 11 is 0. The molecule has 0 saturated carbocycles. The third-order valence-corrected chi connectivity index (χ3v) is 2.91. The van der Waals surface area contributed by atoms with Gasteiger partial charge in [-0.15, -0.1) is 0 Å². The zero-order valence-corrected chi connectivity index (χ0v) is 10.5. The molecule has 0 aliphatic heterocycles. The van der Waals surface area contributed by atoms with Crippen LogP contribution in [0.4, 0.5) is 0 Å². The number of aliphatic carboxylic acids is 1. The molecule has 0 fully saturated rings. The Kier molecular flexibility index (Phi) is 7.80. The lowest BCUT2D eigenvalue weighted by atomic mass is 10.2. The van der Waals surface area contributed by atoms with Gasteiger partial charge in [0.05, 0.1) is 0 Å². The highest BCUT2D eigenvalue weighted by Gasteiger charge is 2.08. The minimum atomic E-state index is -0.918. The monoisotopic (exact) mass is 249 g/mol. The Hall–Kier alpha value is -0.910. The van der Waals surface area contributed by atoms with E-state index in [1.54, 1.807) is 13.2 Å². The second-order valence-electron chi connectivity index (χ2n) is 3.81.